The van der Waals surface area contributed by atoms with Crippen molar-refractivity contribution >= 4 is 11.6 Å². The number of carbonyl (C=O) groups excluding carboxylic acids is 1. The van der Waals surface area contributed by atoms with Gasteiger partial charge in [-0.1, -0.05) is 0 Å². The quantitative estimate of drug-likeness (QED) is 0.870. The molecule has 118 valence electrons. The van der Waals surface area contributed by atoms with Gasteiger partial charge < -0.3 is 10.6 Å². The van der Waals surface area contributed by atoms with Crippen LogP contribution in [0.1, 0.15) is 50.9 Å². The maximum absolute atomic E-state index is 12.5. The van der Waals surface area contributed by atoms with E-state index in [2.05, 4.69) is 53.9 Å². The fraction of sp³-hybridized carbons (Fsp3) is 0.600. The fourth-order valence-electron chi connectivity index (χ4n) is 3.57. The Morgan fingerprint density at radius 2 is 1.95 bits per heavy atom. The standard InChI is InChI=1S/C15H22N6O/c1-14(2)7-11(8-15(3,4)18-14)16-13(22)10-5-6-12-17-19-20-21(12)9-10/h5-6,9,11,18H,7-8H2,1-4H3,(H,16,22). The number of nitrogens with zero attached hydrogens (tertiary/aromatic N) is 4. The number of amides is 1. The molecule has 0 atom stereocenters. The third-order valence-electron chi connectivity index (χ3n) is 3.98. The van der Waals surface area contributed by atoms with Crippen molar-refractivity contribution in [1.29, 1.82) is 0 Å². The summed E-state index contributed by atoms with van der Waals surface area (Å²) in [6.07, 6.45) is 3.45. The van der Waals surface area contributed by atoms with Crippen molar-refractivity contribution in [2.75, 3.05) is 0 Å². The summed E-state index contributed by atoms with van der Waals surface area (Å²) in [6.45, 7) is 8.67. The van der Waals surface area contributed by atoms with Gasteiger partial charge in [0.05, 0.1) is 5.56 Å². The zero-order valence-corrected chi connectivity index (χ0v) is 13.4. The van der Waals surface area contributed by atoms with Gasteiger partial charge in [0.2, 0.25) is 0 Å². The van der Waals surface area contributed by atoms with Crippen LogP contribution in [-0.2, 0) is 0 Å². The van der Waals surface area contributed by atoms with Crippen LogP contribution in [-0.4, -0.2) is 43.1 Å². The molecular formula is C15H22N6O. The second-order valence-corrected chi connectivity index (χ2v) is 7.37. The fourth-order valence-corrected chi connectivity index (χ4v) is 3.57. The van der Waals surface area contributed by atoms with Crippen LogP contribution in [0.25, 0.3) is 5.65 Å². The molecule has 1 fully saturated rings. The van der Waals surface area contributed by atoms with Gasteiger partial charge in [-0.25, -0.2) is 0 Å². The smallest absolute Gasteiger partial charge is 0.253 e. The number of carbonyl (C=O) groups is 1. The highest BCUT2D eigenvalue weighted by atomic mass is 16.1. The molecular weight excluding hydrogens is 280 g/mol. The van der Waals surface area contributed by atoms with Crippen molar-refractivity contribution in [2.24, 2.45) is 0 Å². The van der Waals surface area contributed by atoms with Gasteiger partial charge >= 0.3 is 0 Å². The van der Waals surface area contributed by atoms with E-state index in [9.17, 15) is 4.79 Å². The van der Waals surface area contributed by atoms with Crippen molar-refractivity contribution in [3.05, 3.63) is 23.9 Å². The number of piperidine rings is 1. The largest absolute Gasteiger partial charge is 0.349 e. The molecule has 2 aromatic heterocycles. The number of rotatable bonds is 2. The first-order valence-electron chi connectivity index (χ1n) is 7.52. The molecule has 0 bridgehead atoms. The molecule has 0 radical (unpaired) electrons. The molecule has 1 aliphatic rings. The van der Waals surface area contributed by atoms with E-state index in [1.165, 1.54) is 4.52 Å². The van der Waals surface area contributed by atoms with E-state index in [0.717, 1.165) is 12.8 Å². The minimum Gasteiger partial charge on any atom is -0.349 e. The van der Waals surface area contributed by atoms with Crippen molar-refractivity contribution in [3.63, 3.8) is 0 Å². The number of hydrogen-bond donors (Lipinski definition) is 2. The lowest BCUT2D eigenvalue weighted by Crippen LogP contribution is -2.62. The summed E-state index contributed by atoms with van der Waals surface area (Å²) in [4.78, 5) is 12.5. The van der Waals surface area contributed by atoms with Crippen LogP contribution in [0.5, 0.6) is 0 Å². The maximum Gasteiger partial charge on any atom is 0.253 e. The molecule has 7 heteroatoms. The van der Waals surface area contributed by atoms with Crippen LogP contribution in [0.3, 0.4) is 0 Å². The summed E-state index contributed by atoms with van der Waals surface area (Å²) in [5, 5.41) is 18.0. The molecule has 0 spiro atoms. The first kappa shape index (κ1) is 14.9. The second kappa shape index (κ2) is 5.01. The van der Waals surface area contributed by atoms with E-state index < -0.39 is 0 Å². The molecule has 22 heavy (non-hydrogen) atoms. The Labute approximate surface area is 129 Å². The SMILES string of the molecule is CC1(C)CC(NC(=O)c2ccc3nnnn3c2)CC(C)(C)N1. The predicted molar refractivity (Wildman–Crippen MR) is 82.6 cm³/mol. The minimum absolute atomic E-state index is 0.000521. The van der Waals surface area contributed by atoms with Gasteiger partial charge in [-0.2, -0.15) is 4.52 Å². The minimum atomic E-state index is -0.0871. The van der Waals surface area contributed by atoms with Gasteiger partial charge in [-0.15, -0.1) is 5.10 Å². The first-order chi connectivity index (χ1) is 10.2. The van der Waals surface area contributed by atoms with Gasteiger partial charge in [0.15, 0.2) is 5.65 Å². The Balaban J connectivity index is 1.75. The highest BCUT2D eigenvalue weighted by Crippen LogP contribution is 2.28. The molecule has 1 amide bonds. The maximum atomic E-state index is 12.5. The Morgan fingerprint density at radius 1 is 1.27 bits per heavy atom. The molecule has 0 aliphatic carbocycles. The number of tetrazole rings is 1. The molecule has 0 unspecified atom stereocenters. The van der Waals surface area contributed by atoms with Gasteiger partial charge in [0.25, 0.3) is 5.91 Å². The van der Waals surface area contributed by atoms with Crippen LogP contribution >= 0.6 is 0 Å². The van der Waals surface area contributed by atoms with Gasteiger partial charge in [-0.05, 0) is 63.1 Å². The average Bonchev–Trinajstić information content (AvgIpc) is 2.81. The van der Waals surface area contributed by atoms with E-state index in [-0.39, 0.29) is 23.0 Å². The lowest BCUT2D eigenvalue weighted by atomic mass is 9.79. The highest BCUT2D eigenvalue weighted by Gasteiger charge is 2.38. The average molecular weight is 302 g/mol. The normalized spacial score (nSPS) is 20.9. The lowest BCUT2D eigenvalue weighted by molar-refractivity contribution is 0.0872. The van der Waals surface area contributed by atoms with E-state index in [4.69, 9.17) is 0 Å². The third-order valence-corrected chi connectivity index (χ3v) is 3.98. The van der Waals surface area contributed by atoms with Crippen molar-refractivity contribution in [3.8, 4) is 0 Å². The highest BCUT2D eigenvalue weighted by molar-refractivity contribution is 5.94. The van der Waals surface area contributed by atoms with Gasteiger partial charge in [0.1, 0.15) is 0 Å². The molecule has 2 aromatic rings. The number of pyridine rings is 1. The zero-order chi connectivity index (χ0) is 16.0. The molecule has 1 aliphatic heterocycles. The van der Waals surface area contributed by atoms with Gasteiger partial charge in [0, 0.05) is 23.3 Å². The third kappa shape index (κ3) is 3.09. The van der Waals surface area contributed by atoms with E-state index in [1.54, 1.807) is 18.3 Å². The Kier molecular flexibility index (Phi) is 3.40. The van der Waals surface area contributed by atoms with Gasteiger partial charge in [-0.3, -0.25) is 4.79 Å². The topological polar surface area (TPSA) is 84.2 Å². The number of aromatic nitrogens is 4. The summed E-state index contributed by atoms with van der Waals surface area (Å²) >= 11 is 0. The molecule has 0 aromatic carbocycles. The van der Waals surface area contributed by atoms with Crippen molar-refractivity contribution in [1.82, 2.24) is 30.7 Å². The number of hydrogen-bond acceptors (Lipinski definition) is 5. The monoisotopic (exact) mass is 302 g/mol. The molecule has 0 saturated carbocycles. The van der Waals surface area contributed by atoms with Crippen LogP contribution in [0.2, 0.25) is 0 Å². The van der Waals surface area contributed by atoms with E-state index >= 15 is 0 Å². The predicted octanol–water partition coefficient (Wildman–Crippen LogP) is 1.16. The van der Waals surface area contributed by atoms with E-state index in [0.29, 0.717) is 11.2 Å². The van der Waals surface area contributed by atoms with Crippen LogP contribution in [0.4, 0.5) is 0 Å². The summed E-state index contributed by atoms with van der Waals surface area (Å²) in [6, 6.07) is 3.63. The Hall–Kier alpha value is -2.02. The molecule has 7 nitrogen and oxygen atoms in total. The van der Waals surface area contributed by atoms with Crippen LogP contribution < -0.4 is 10.6 Å². The molecule has 3 rings (SSSR count). The van der Waals surface area contributed by atoms with Crippen LogP contribution in [0.15, 0.2) is 18.3 Å². The lowest BCUT2D eigenvalue weighted by Gasteiger charge is -2.46. The molecule has 1 saturated heterocycles. The molecule has 3 heterocycles. The van der Waals surface area contributed by atoms with E-state index in [1.807, 2.05) is 0 Å². The molecule has 2 N–H and O–H groups in total. The Morgan fingerprint density at radius 3 is 2.64 bits per heavy atom. The van der Waals surface area contributed by atoms with Crippen molar-refractivity contribution < 1.29 is 4.79 Å². The summed E-state index contributed by atoms with van der Waals surface area (Å²) in [5.74, 6) is -0.0871. The van der Waals surface area contributed by atoms with Crippen LogP contribution in [0, 0.1) is 0 Å². The zero-order valence-electron chi connectivity index (χ0n) is 13.4. The number of nitrogens with one attached hydrogen (secondary N) is 2. The summed E-state index contributed by atoms with van der Waals surface area (Å²) < 4.78 is 1.51. The summed E-state index contributed by atoms with van der Waals surface area (Å²) in [7, 11) is 0. The Bertz CT molecular complexity index is 689. The first-order valence-corrected chi connectivity index (χ1v) is 7.52. The summed E-state index contributed by atoms with van der Waals surface area (Å²) in [5.41, 5.74) is 1.19. The number of fused-ring (bicyclic) bond motifs is 1. The van der Waals surface area contributed by atoms with Crippen molar-refractivity contribution in [2.45, 2.75) is 57.7 Å². The second-order valence-electron chi connectivity index (χ2n) is 7.37.